The molecule has 0 aliphatic carbocycles. The molecule has 1 aromatic heterocycles. The molecule has 0 radical (unpaired) electrons. The average molecular weight is 418 g/mol. The van der Waals surface area contributed by atoms with E-state index >= 15 is 0 Å². The number of hydrogen-bond acceptors (Lipinski definition) is 5. The summed E-state index contributed by atoms with van der Waals surface area (Å²) in [4.78, 5) is 24.4. The molecule has 0 atom stereocenters. The Kier molecular flexibility index (Phi) is 5.62. The van der Waals surface area contributed by atoms with Gasteiger partial charge in [0, 0.05) is 16.8 Å². The van der Waals surface area contributed by atoms with Crippen LogP contribution in [0.2, 0.25) is 5.02 Å². The number of aryl methyl sites for hydroxylation is 1. The molecule has 0 unspecified atom stereocenters. The smallest absolute Gasteiger partial charge is 0.267 e. The zero-order chi connectivity index (χ0) is 20.3. The predicted octanol–water partition coefficient (Wildman–Crippen LogP) is 2.68. The van der Waals surface area contributed by atoms with E-state index in [0.29, 0.717) is 10.7 Å². The second-order valence-electron chi connectivity index (χ2n) is 5.99. The third-order valence-corrected chi connectivity index (χ3v) is 5.83. The molecular weight excluding hydrogens is 402 g/mol. The third-order valence-electron chi connectivity index (χ3n) is 3.94. The Hall–Kier alpha value is -2.97. The molecule has 2 aromatic carbocycles. The lowest BCUT2D eigenvalue weighted by atomic mass is 10.2. The highest BCUT2D eigenvalue weighted by atomic mass is 35.5. The van der Waals surface area contributed by atoms with E-state index in [-0.39, 0.29) is 9.92 Å². The van der Waals surface area contributed by atoms with Gasteiger partial charge in [-0.3, -0.25) is 9.59 Å². The van der Waals surface area contributed by atoms with Gasteiger partial charge in [-0.15, -0.1) is 0 Å². The molecule has 0 saturated carbocycles. The molecule has 0 fully saturated rings. The third kappa shape index (κ3) is 4.29. The summed E-state index contributed by atoms with van der Waals surface area (Å²) < 4.78 is 26.1. The number of benzene rings is 2. The second-order valence-corrected chi connectivity index (χ2v) is 8.32. The quantitative estimate of drug-likeness (QED) is 0.688. The molecule has 3 aromatic rings. The van der Waals surface area contributed by atoms with Gasteiger partial charge >= 0.3 is 0 Å². The number of carbonyl (C=O) groups excluding carboxylic acids is 1. The Morgan fingerprint density at radius 1 is 1.11 bits per heavy atom. The van der Waals surface area contributed by atoms with Gasteiger partial charge in [-0.25, -0.2) is 13.1 Å². The Morgan fingerprint density at radius 3 is 2.54 bits per heavy atom. The number of sulfone groups is 1. The van der Waals surface area contributed by atoms with Crippen molar-refractivity contribution in [2.24, 2.45) is 0 Å². The van der Waals surface area contributed by atoms with E-state index in [1.807, 2.05) is 0 Å². The first-order valence-electron chi connectivity index (χ1n) is 8.22. The fourth-order valence-corrected chi connectivity index (χ4v) is 3.84. The van der Waals surface area contributed by atoms with E-state index in [4.69, 9.17) is 11.6 Å². The maximum absolute atomic E-state index is 12.7. The summed E-state index contributed by atoms with van der Waals surface area (Å²) in [6.07, 6.45) is 0. The van der Waals surface area contributed by atoms with E-state index in [0.717, 1.165) is 22.4 Å². The van der Waals surface area contributed by atoms with Crippen LogP contribution in [0.15, 0.2) is 75.4 Å². The lowest BCUT2D eigenvalue weighted by Gasteiger charge is -2.10. The molecule has 3 rings (SSSR count). The van der Waals surface area contributed by atoms with Gasteiger partial charge in [0.25, 0.3) is 5.56 Å². The molecule has 1 N–H and O–H groups in total. The van der Waals surface area contributed by atoms with Crippen LogP contribution in [0.3, 0.4) is 0 Å². The molecule has 7 nitrogen and oxygen atoms in total. The molecule has 0 saturated heterocycles. The Labute approximate surface area is 166 Å². The molecule has 1 heterocycles. The van der Waals surface area contributed by atoms with Crippen LogP contribution in [-0.4, -0.2) is 24.1 Å². The summed E-state index contributed by atoms with van der Waals surface area (Å²) in [5.74, 6) is -0.533. The number of nitrogens with one attached hydrogen (secondary N) is 1. The van der Waals surface area contributed by atoms with Crippen LogP contribution in [0.4, 0.5) is 5.69 Å². The minimum Gasteiger partial charge on any atom is -0.324 e. The van der Waals surface area contributed by atoms with Crippen LogP contribution in [-0.2, 0) is 21.2 Å². The van der Waals surface area contributed by atoms with Crippen molar-refractivity contribution in [2.45, 2.75) is 23.4 Å². The maximum Gasteiger partial charge on any atom is 0.267 e. The van der Waals surface area contributed by atoms with E-state index in [1.165, 1.54) is 12.1 Å². The zero-order valence-electron chi connectivity index (χ0n) is 14.8. The summed E-state index contributed by atoms with van der Waals surface area (Å²) in [5.41, 5.74) is 0.696. The van der Waals surface area contributed by atoms with Crippen LogP contribution in [0.1, 0.15) is 5.56 Å². The number of nitrogens with zero attached hydrogens (tertiary/aromatic N) is 2. The maximum atomic E-state index is 12.7. The van der Waals surface area contributed by atoms with Gasteiger partial charge < -0.3 is 5.32 Å². The van der Waals surface area contributed by atoms with Crippen LogP contribution in [0.5, 0.6) is 0 Å². The van der Waals surface area contributed by atoms with Gasteiger partial charge in [0.15, 0.2) is 5.03 Å². The highest BCUT2D eigenvalue weighted by molar-refractivity contribution is 7.91. The number of amides is 1. The fourth-order valence-electron chi connectivity index (χ4n) is 2.46. The highest BCUT2D eigenvalue weighted by Gasteiger charge is 2.20. The first kappa shape index (κ1) is 19.8. The fraction of sp³-hybridized carbons (Fsp3) is 0.105. The molecule has 0 spiro atoms. The van der Waals surface area contributed by atoms with Gasteiger partial charge in [0.05, 0.1) is 4.90 Å². The molecule has 0 aliphatic rings. The summed E-state index contributed by atoms with van der Waals surface area (Å²) >= 11 is 5.93. The molecule has 28 heavy (non-hydrogen) atoms. The summed E-state index contributed by atoms with van der Waals surface area (Å²) in [5, 5.41) is 6.65. The first-order valence-corrected chi connectivity index (χ1v) is 10.1. The summed E-state index contributed by atoms with van der Waals surface area (Å²) in [6.45, 7) is 1.35. The van der Waals surface area contributed by atoms with Crippen molar-refractivity contribution < 1.29 is 13.2 Å². The van der Waals surface area contributed by atoms with Crippen LogP contribution in [0.25, 0.3) is 0 Å². The Bertz CT molecular complexity index is 1190. The number of rotatable bonds is 5. The number of carbonyl (C=O) groups is 1. The minimum absolute atomic E-state index is 0.0479. The van der Waals surface area contributed by atoms with E-state index in [9.17, 15) is 18.0 Å². The van der Waals surface area contributed by atoms with Crippen molar-refractivity contribution in [3.8, 4) is 0 Å². The normalized spacial score (nSPS) is 11.2. The number of hydrogen-bond donors (Lipinski definition) is 1. The van der Waals surface area contributed by atoms with Crippen LogP contribution >= 0.6 is 11.6 Å². The van der Waals surface area contributed by atoms with Crippen molar-refractivity contribution >= 4 is 33.0 Å². The Morgan fingerprint density at radius 2 is 1.82 bits per heavy atom. The van der Waals surface area contributed by atoms with Crippen molar-refractivity contribution in [3.05, 3.63) is 81.6 Å². The monoisotopic (exact) mass is 417 g/mol. The van der Waals surface area contributed by atoms with Gasteiger partial charge in [-0.2, -0.15) is 5.10 Å². The Balaban J connectivity index is 1.87. The number of anilines is 1. The summed E-state index contributed by atoms with van der Waals surface area (Å²) in [6, 6.07) is 14.9. The van der Waals surface area contributed by atoms with Crippen LogP contribution < -0.4 is 10.9 Å². The van der Waals surface area contributed by atoms with E-state index in [2.05, 4.69) is 10.4 Å². The van der Waals surface area contributed by atoms with Gasteiger partial charge in [-0.05, 0) is 42.8 Å². The largest absolute Gasteiger partial charge is 0.324 e. The highest BCUT2D eigenvalue weighted by Crippen LogP contribution is 2.20. The van der Waals surface area contributed by atoms with Crippen molar-refractivity contribution in [1.82, 2.24) is 9.78 Å². The molecule has 0 bridgehead atoms. The van der Waals surface area contributed by atoms with Crippen LogP contribution in [0, 0.1) is 6.92 Å². The van der Waals surface area contributed by atoms with Gasteiger partial charge in [0.2, 0.25) is 15.7 Å². The zero-order valence-corrected chi connectivity index (χ0v) is 16.4. The first-order chi connectivity index (χ1) is 13.3. The van der Waals surface area contributed by atoms with Crippen molar-refractivity contribution in [3.63, 3.8) is 0 Å². The molecule has 9 heteroatoms. The van der Waals surface area contributed by atoms with Gasteiger partial charge in [-0.1, -0.05) is 35.9 Å². The summed E-state index contributed by atoms with van der Waals surface area (Å²) in [7, 11) is -3.91. The van der Waals surface area contributed by atoms with Crippen molar-refractivity contribution in [2.75, 3.05) is 5.32 Å². The molecule has 0 aliphatic heterocycles. The molecule has 1 amide bonds. The lowest BCUT2D eigenvalue weighted by Crippen LogP contribution is -2.30. The SMILES string of the molecule is Cc1ccc(Cl)cc1NC(=O)Cn1nc(S(=O)(=O)c2ccccc2)ccc1=O. The second kappa shape index (κ2) is 7.95. The average Bonchev–Trinajstić information content (AvgIpc) is 2.67. The van der Waals surface area contributed by atoms with Gasteiger partial charge in [0.1, 0.15) is 6.54 Å². The lowest BCUT2D eigenvalue weighted by molar-refractivity contribution is -0.117. The van der Waals surface area contributed by atoms with E-state index < -0.39 is 27.8 Å². The van der Waals surface area contributed by atoms with Crippen molar-refractivity contribution in [1.29, 1.82) is 0 Å². The number of aromatic nitrogens is 2. The molecular formula is C19H16ClN3O4S. The predicted molar refractivity (Wildman–Crippen MR) is 105 cm³/mol. The van der Waals surface area contributed by atoms with E-state index in [1.54, 1.807) is 43.3 Å². The molecule has 144 valence electrons. The standard InChI is InChI=1S/C19H16ClN3O4S/c1-13-7-8-14(20)11-16(13)21-17(24)12-23-19(25)10-9-18(22-23)28(26,27)15-5-3-2-4-6-15/h2-11H,12H2,1H3,(H,21,24). The topological polar surface area (TPSA) is 98.1 Å². The minimum atomic E-state index is -3.91. The number of halogens is 1.